The Kier molecular flexibility index (Phi) is 5.79. The van der Waals surface area contributed by atoms with Crippen molar-refractivity contribution in [2.24, 2.45) is 0 Å². The molecule has 0 aliphatic carbocycles. The van der Waals surface area contributed by atoms with E-state index >= 15 is 0 Å². The number of aryl methyl sites for hydroxylation is 1. The minimum Gasteiger partial charge on any atom is -0.326 e. The number of hydroxylamine groups is 1. The molecule has 0 fully saturated rings. The summed E-state index contributed by atoms with van der Waals surface area (Å²) < 4.78 is 11.3. The number of hydrogen-bond acceptors (Lipinski definition) is 3. The normalized spacial score (nSPS) is 9.89. The molecule has 1 aromatic rings. The van der Waals surface area contributed by atoms with Crippen LogP contribution in [0.15, 0.2) is 24.3 Å². The van der Waals surface area contributed by atoms with Crippen molar-refractivity contribution in [3.05, 3.63) is 29.8 Å². The number of carbonyl (C=O) groups is 2. The first-order chi connectivity index (χ1) is 8.63. The molecule has 1 rings (SSSR count). The lowest BCUT2D eigenvalue weighted by atomic mass is 10.2. The third kappa shape index (κ3) is 4.92. The molecular formula is C12H15FN2O3. The van der Waals surface area contributed by atoms with Crippen LogP contribution in [0, 0.1) is 6.92 Å². The van der Waals surface area contributed by atoms with Gasteiger partial charge in [0.25, 0.3) is 0 Å². The highest BCUT2D eigenvalue weighted by molar-refractivity contribution is 5.91. The van der Waals surface area contributed by atoms with Gasteiger partial charge in [-0.15, -0.1) is 0 Å². The Morgan fingerprint density at radius 2 is 1.89 bits per heavy atom. The van der Waals surface area contributed by atoms with E-state index in [4.69, 9.17) is 0 Å². The molecule has 5 nitrogen and oxygen atoms in total. The molecule has 0 unspecified atom stereocenters. The maximum atomic E-state index is 11.6. The number of para-hydroxylation sites is 1. The Bertz CT molecular complexity index is 424. The number of nitrogens with one attached hydrogen (secondary N) is 2. The molecule has 0 spiro atoms. The first-order valence-electron chi connectivity index (χ1n) is 5.55. The summed E-state index contributed by atoms with van der Waals surface area (Å²) in [5, 5.41) is 5.71. The molecule has 0 radical (unpaired) electrons. The summed E-state index contributed by atoms with van der Waals surface area (Å²) >= 11 is 0. The minimum absolute atomic E-state index is 0.0328. The summed E-state index contributed by atoms with van der Waals surface area (Å²) in [7, 11) is 0. The molecule has 2 amide bonds. The molecule has 98 valence electrons. The Morgan fingerprint density at radius 3 is 2.56 bits per heavy atom. The summed E-state index contributed by atoms with van der Waals surface area (Å²) in [5.74, 6) is -0.778. The number of anilines is 1. The zero-order chi connectivity index (χ0) is 13.4. The second-order valence-electron chi connectivity index (χ2n) is 3.82. The van der Waals surface area contributed by atoms with Gasteiger partial charge in [0.1, 0.15) is 0 Å². The van der Waals surface area contributed by atoms with Crippen LogP contribution in [0.25, 0.3) is 0 Å². The lowest BCUT2D eigenvalue weighted by Crippen LogP contribution is -2.20. The second kappa shape index (κ2) is 7.39. The first kappa shape index (κ1) is 14.1. The molecule has 2 N–H and O–H groups in total. The molecule has 0 bridgehead atoms. The molecule has 0 saturated heterocycles. The smallest absolute Gasteiger partial charge is 0.246 e. The highest BCUT2D eigenvalue weighted by atomic mass is 19.3. The van der Waals surface area contributed by atoms with E-state index in [1.54, 1.807) is 11.5 Å². The van der Waals surface area contributed by atoms with E-state index in [0.717, 1.165) is 11.3 Å². The monoisotopic (exact) mass is 254 g/mol. The number of amides is 2. The largest absolute Gasteiger partial charge is 0.326 e. The van der Waals surface area contributed by atoms with Crippen molar-refractivity contribution in [1.82, 2.24) is 5.48 Å². The van der Waals surface area contributed by atoms with Gasteiger partial charge >= 0.3 is 0 Å². The SMILES string of the molecule is Cc1ccccc1NC(=O)CCCC(=O)NOF. The van der Waals surface area contributed by atoms with Gasteiger partial charge in [-0.3, -0.25) is 9.59 Å². The van der Waals surface area contributed by atoms with Crippen molar-refractivity contribution in [2.75, 3.05) is 5.32 Å². The van der Waals surface area contributed by atoms with Gasteiger partial charge in [0, 0.05) is 18.5 Å². The average molecular weight is 254 g/mol. The van der Waals surface area contributed by atoms with E-state index < -0.39 is 5.91 Å². The maximum absolute atomic E-state index is 11.6. The summed E-state index contributed by atoms with van der Waals surface area (Å²) in [6, 6.07) is 7.40. The summed E-state index contributed by atoms with van der Waals surface area (Å²) in [5.41, 5.74) is 3.26. The van der Waals surface area contributed by atoms with Gasteiger partial charge in [-0.2, -0.15) is 5.48 Å². The lowest BCUT2D eigenvalue weighted by molar-refractivity contribution is -0.198. The van der Waals surface area contributed by atoms with Gasteiger partial charge in [-0.1, -0.05) is 23.2 Å². The topological polar surface area (TPSA) is 67.4 Å². The van der Waals surface area contributed by atoms with E-state index in [9.17, 15) is 14.1 Å². The fourth-order valence-electron chi connectivity index (χ4n) is 1.43. The van der Waals surface area contributed by atoms with E-state index in [0.29, 0.717) is 6.42 Å². The van der Waals surface area contributed by atoms with E-state index in [1.807, 2.05) is 25.1 Å². The van der Waals surface area contributed by atoms with Gasteiger partial charge in [0.05, 0.1) is 0 Å². The minimum atomic E-state index is -0.596. The van der Waals surface area contributed by atoms with Gasteiger partial charge in [-0.05, 0) is 29.5 Å². The number of rotatable bonds is 6. The van der Waals surface area contributed by atoms with Crippen LogP contribution < -0.4 is 10.8 Å². The maximum Gasteiger partial charge on any atom is 0.246 e. The highest BCUT2D eigenvalue weighted by Gasteiger charge is 2.06. The van der Waals surface area contributed by atoms with Gasteiger partial charge in [0.2, 0.25) is 11.8 Å². The Morgan fingerprint density at radius 1 is 1.22 bits per heavy atom. The number of benzene rings is 1. The van der Waals surface area contributed by atoms with Crippen LogP contribution in [0.1, 0.15) is 24.8 Å². The Labute approximate surface area is 104 Å². The summed E-state index contributed by atoms with van der Waals surface area (Å²) in [4.78, 5) is 22.4. The van der Waals surface area contributed by atoms with E-state index in [-0.39, 0.29) is 18.7 Å². The Balaban J connectivity index is 2.30. The molecule has 0 atom stereocenters. The number of hydrogen-bond donors (Lipinski definition) is 2. The van der Waals surface area contributed by atoms with Crippen LogP contribution in [-0.4, -0.2) is 11.8 Å². The predicted octanol–water partition coefficient (Wildman–Crippen LogP) is 2.04. The predicted molar refractivity (Wildman–Crippen MR) is 64.0 cm³/mol. The molecule has 0 saturated carbocycles. The molecule has 0 aliphatic heterocycles. The standard InChI is InChI=1S/C12H15FN2O3/c1-9-5-2-3-6-10(9)14-11(16)7-4-8-12(17)15-18-13/h2-3,5-6H,4,7-8H2,1H3,(H,14,16)(H,15,17). The third-order valence-electron chi connectivity index (χ3n) is 2.38. The van der Waals surface area contributed by atoms with Crippen LogP contribution in [-0.2, 0) is 14.6 Å². The van der Waals surface area contributed by atoms with Crippen LogP contribution in [0.2, 0.25) is 0 Å². The molecule has 0 heterocycles. The molecule has 1 aromatic carbocycles. The lowest BCUT2D eigenvalue weighted by Gasteiger charge is -2.07. The molecule has 0 aliphatic rings. The second-order valence-corrected chi connectivity index (χ2v) is 3.82. The van der Waals surface area contributed by atoms with Crippen molar-refractivity contribution >= 4 is 17.5 Å². The van der Waals surface area contributed by atoms with Crippen molar-refractivity contribution in [3.63, 3.8) is 0 Å². The number of carbonyl (C=O) groups excluding carboxylic acids is 2. The van der Waals surface area contributed by atoms with Crippen LogP contribution in [0.5, 0.6) is 0 Å². The Hall–Kier alpha value is -1.95. The summed E-state index contributed by atoms with van der Waals surface area (Å²) in [6.45, 7) is 1.89. The van der Waals surface area contributed by atoms with Crippen molar-refractivity contribution in [1.29, 1.82) is 0 Å². The zero-order valence-corrected chi connectivity index (χ0v) is 10.0. The summed E-state index contributed by atoms with van der Waals surface area (Å²) in [6.07, 6.45) is 0.548. The molecule has 0 aromatic heterocycles. The van der Waals surface area contributed by atoms with Crippen LogP contribution in [0.4, 0.5) is 10.2 Å². The van der Waals surface area contributed by atoms with Gasteiger partial charge in [0.15, 0.2) is 0 Å². The fourth-order valence-corrected chi connectivity index (χ4v) is 1.43. The average Bonchev–Trinajstić information content (AvgIpc) is 2.32. The number of halogens is 1. The van der Waals surface area contributed by atoms with Gasteiger partial charge in [-0.25, -0.2) is 0 Å². The zero-order valence-electron chi connectivity index (χ0n) is 10.0. The third-order valence-corrected chi connectivity index (χ3v) is 2.38. The van der Waals surface area contributed by atoms with E-state index in [2.05, 4.69) is 10.4 Å². The fraction of sp³-hybridized carbons (Fsp3) is 0.333. The van der Waals surface area contributed by atoms with Crippen molar-refractivity contribution < 1.29 is 19.2 Å². The van der Waals surface area contributed by atoms with Crippen molar-refractivity contribution in [3.8, 4) is 0 Å². The van der Waals surface area contributed by atoms with Gasteiger partial charge < -0.3 is 5.32 Å². The molecule has 18 heavy (non-hydrogen) atoms. The first-order valence-corrected chi connectivity index (χ1v) is 5.55. The van der Waals surface area contributed by atoms with Crippen molar-refractivity contribution in [2.45, 2.75) is 26.2 Å². The quantitative estimate of drug-likeness (QED) is 0.763. The molecule has 6 heteroatoms. The molecular weight excluding hydrogens is 239 g/mol. The van der Waals surface area contributed by atoms with Crippen LogP contribution >= 0.6 is 0 Å². The van der Waals surface area contributed by atoms with E-state index in [1.165, 1.54) is 0 Å². The highest BCUT2D eigenvalue weighted by Crippen LogP contribution is 2.13. The van der Waals surface area contributed by atoms with Crippen LogP contribution in [0.3, 0.4) is 0 Å².